The average molecular weight is 257 g/mol. The molecule has 0 saturated carbocycles. The first-order chi connectivity index (χ1) is 8.83. The lowest BCUT2D eigenvalue weighted by Crippen LogP contribution is -2.02. The number of carbonyl (C=O) groups excluding carboxylic acids is 1. The number of thioether (sulfide) groups is 1. The maximum atomic E-state index is 11.9. The van der Waals surface area contributed by atoms with E-state index < -0.39 is 0 Å². The van der Waals surface area contributed by atoms with E-state index in [-0.39, 0.29) is 5.78 Å². The van der Waals surface area contributed by atoms with Gasteiger partial charge >= 0.3 is 0 Å². The molecule has 0 spiro atoms. The SMILES string of the molecule is O=C(CSc1ccc2c(c1)CCC2)c1ccc[nH]1. The summed E-state index contributed by atoms with van der Waals surface area (Å²) in [6.45, 7) is 0. The zero-order valence-corrected chi connectivity index (χ0v) is 10.9. The van der Waals surface area contributed by atoms with Crippen LogP contribution in [-0.2, 0) is 12.8 Å². The summed E-state index contributed by atoms with van der Waals surface area (Å²) in [6.07, 6.45) is 5.45. The second-order valence-electron chi connectivity index (χ2n) is 4.58. The monoisotopic (exact) mass is 257 g/mol. The van der Waals surface area contributed by atoms with E-state index in [9.17, 15) is 4.79 Å². The Labute approximate surface area is 111 Å². The van der Waals surface area contributed by atoms with E-state index in [2.05, 4.69) is 23.2 Å². The summed E-state index contributed by atoms with van der Waals surface area (Å²) in [5.74, 6) is 0.657. The van der Waals surface area contributed by atoms with Crippen LogP contribution in [0.25, 0.3) is 0 Å². The molecule has 0 unspecified atom stereocenters. The predicted molar refractivity (Wildman–Crippen MR) is 74.3 cm³/mol. The van der Waals surface area contributed by atoms with Gasteiger partial charge in [-0.1, -0.05) is 6.07 Å². The Balaban J connectivity index is 1.65. The minimum Gasteiger partial charge on any atom is -0.359 e. The molecule has 0 saturated heterocycles. The number of H-pyrrole nitrogens is 1. The number of aryl methyl sites for hydroxylation is 2. The van der Waals surface area contributed by atoms with Crippen LogP contribution >= 0.6 is 11.8 Å². The number of nitrogens with one attached hydrogen (secondary N) is 1. The number of Topliss-reactive ketones (excluding diaryl/α,β-unsaturated/α-hetero) is 1. The molecule has 1 aliphatic rings. The Bertz CT molecular complexity index is 560. The van der Waals surface area contributed by atoms with E-state index in [0.29, 0.717) is 11.4 Å². The molecular weight excluding hydrogens is 242 g/mol. The third-order valence-electron chi connectivity index (χ3n) is 3.34. The molecule has 0 bridgehead atoms. The van der Waals surface area contributed by atoms with Gasteiger partial charge in [-0.25, -0.2) is 0 Å². The molecule has 1 aliphatic carbocycles. The quantitative estimate of drug-likeness (QED) is 0.672. The summed E-state index contributed by atoms with van der Waals surface area (Å²) in [7, 11) is 0. The van der Waals surface area contributed by atoms with Crippen LogP contribution in [0.3, 0.4) is 0 Å². The maximum Gasteiger partial charge on any atom is 0.189 e. The molecule has 0 amide bonds. The lowest BCUT2D eigenvalue weighted by Gasteiger charge is -2.04. The van der Waals surface area contributed by atoms with E-state index in [1.807, 2.05) is 12.1 Å². The Morgan fingerprint density at radius 2 is 2.11 bits per heavy atom. The molecule has 2 nitrogen and oxygen atoms in total. The summed E-state index contributed by atoms with van der Waals surface area (Å²) in [5, 5.41) is 0. The van der Waals surface area contributed by atoms with Crippen molar-refractivity contribution >= 4 is 17.5 Å². The van der Waals surface area contributed by atoms with Crippen LogP contribution in [0.5, 0.6) is 0 Å². The third kappa shape index (κ3) is 2.36. The van der Waals surface area contributed by atoms with Gasteiger partial charge in [-0.05, 0) is 54.7 Å². The van der Waals surface area contributed by atoms with E-state index >= 15 is 0 Å². The number of hydrogen-bond donors (Lipinski definition) is 1. The lowest BCUT2D eigenvalue weighted by molar-refractivity contribution is 0.101. The molecule has 1 heterocycles. The fourth-order valence-electron chi connectivity index (χ4n) is 2.37. The second kappa shape index (κ2) is 5.02. The summed E-state index contributed by atoms with van der Waals surface area (Å²) in [4.78, 5) is 16.0. The largest absolute Gasteiger partial charge is 0.359 e. The second-order valence-corrected chi connectivity index (χ2v) is 5.63. The molecule has 3 heteroatoms. The molecule has 0 atom stereocenters. The molecule has 18 heavy (non-hydrogen) atoms. The molecule has 0 fully saturated rings. The van der Waals surface area contributed by atoms with Crippen molar-refractivity contribution in [3.05, 3.63) is 53.3 Å². The molecular formula is C15H15NOS. The number of fused-ring (bicyclic) bond motifs is 1. The van der Waals surface area contributed by atoms with Gasteiger partial charge in [-0.3, -0.25) is 4.79 Å². The fourth-order valence-corrected chi connectivity index (χ4v) is 3.21. The van der Waals surface area contributed by atoms with Gasteiger partial charge in [0.1, 0.15) is 0 Å². The van der Waals surface area contributed by atoms with Crippen molar-refractivity contribution < 1.29 is 4.79 Å². The standard InChI is InChI=1S/C15H15NOS/c17-15(14-5-2-8-16-14)10-18-13-7-6-11-3-1-4-12(11)9-13/h2,5-9,16H,1,3-4,10H2. The van der Waals surface area contributed by atoms with Crippen LogP contribution < -0.4 is 0 Å². The Morgan fingerprint density at radius 3 is 2.94 bits per heavy atom. The summed E-state index contributed by atoms with van der Waals surface area (Å²) < 4.78 is 0. The first kappa shape index (κ1) is 11.6. The summed E-state index contributed by atoms with van der Waals surface area (Å²) in [5.41, 5.74) is 3.64. The summed E-state index contributed by atoms with van der Waals surface area (Å²) >= 11 is 1.62. The minimum atomic E-state index is 0.158. The zero-order valence-electron chi connectivity index (χ0n) is 10.1. The van der Waals surface area contributed by atoms with E-state index in [1.165, 1.54) is 35.3 Å². The molecule has 0 radical (unpaired) electrons. The smallest absolute Gasteiger partial charge is 0.189 e. The van der Waals surface area contributed by atoms with E-state index in [4.69, 9.17) is 0 Å². The number of ketones is 1. The molecule has 1 aromatic carbocycles. The van der Waals surface area contributed by atoms with Gasteiger partial charge in [0.25, 0.3) is 0 Å². The highest BCUT2D eigenvalue weighted by atomic mass is 32.2. The predicted octanol–water partition coefficient (Wildman–Crippen LogP) is 3.48. The highest BCUT2D eigenvalue weighted by Gasteiger charge is 2.12. The lowest BCUT2D eigenvalue weighted by atomic mass is 10.1. The van der Waals surface area contributed by atoms with Crippen LogP contribution in [0.1, 0.15) is 28.0 Å². The first-order valence-electron chi connectivity index (χ1n) is 6.24. The molecule has 1 N–H and O–H groups in total. The van der Waals surface area contributed by atoms with Crippen LogP contribution in [0.15, 0.2) is 41.4 Å². The number of hydrogen-bond acceptors (Lipinski definition) is 2. The fraction of sp³-hybridized carbons (Fsp3) is 0.267. The number of aromatic amines is 1. The number of aromatic nitrogens is 1. The van der Waals surface area contributed by atoms with Crippen molar-refractivity contribution in [1.82, 2.24) is 4.98 Å². The topological polar surface area (TPSA) is 32.9 Å². The van der Waals surface area contributed by atoms with Crippen molar-refractivity contribution in [2.75, 3.05) is 5.75 Å². The van der Waals surface area contributed by atoms with Crippen LogP contribution in [-0.4, -0.2) is 16.5 Å². The van der Waals surface area contributed by atoms with Crippen LogP contribution in [0, 0.1) is 0 Å². The molecule has 0 aliphatic heterocycles. The number of rotatable bonds is 4. The molecule has 3 rings (SSSR count). The maximum absolute atomic E-state index is 11.9. The van der Waals surface area contributed by atoms with Gasteiger partial charge in [0.05, 0.1) is 11.4 Å². The van der Waals surface area contributed by atoms with Gasteiger partial charge in [-0.2, -0.15) is 0 Å². The average Bonchev–Trinajstić information content (AvgIpc) is 3.05. The highest BCUT2D eigenvalue weighted by molar-refractivity contribution is 8.00. The molecule has 92 valence electrons. The highest BCUT2D eigenvalue weighted by Crippen LogP contribution is 2.27. The minimum absolute atomic E-state index is 0.158. The van der Waals surface area contributed by atoms with E-state index in [0.717, 1.165) is 0 Å². The zero-order chi connectivity index (χ0) is 12.4. The van der Waals surface area contributed by atoms with Crippen LogP contribution in [0.4, 0.5) is 0 Å². The van der Waals surface area contributed by atoms with Gasteiger partial charge in [0, 0.05) is 11.1 Å². The number of carbonyl (C=O) groups is 1. The molecule has 2 aromatic rings. The Kier molecular flexibility index (Phi) is 3.24. The van der Waals surface area contributed by atoms with Gasteiger partial charge in [-0.15, -0.1) is 11.8 Å². The van der Waals surface area contributed by atoms with Gasteiger partial charge in [0.2, 0.25) is 0 Å². The number of benzene rings is 1. The van der Waals surface area contributed by atoms with Crippen LogP contribution in [0.2, 0.25) is 0 Å². The van der Waals surface area contributed by atoms with Crippen molar-refractivity contribution in [1.29, 1.82) is 0 Å². The summed E-state index contributed by atoms with van der Waals surface area (Å²) in [6, 6.07) is 10.3. The molecule has 1 aromatic heterocycles. The van der Waals surface area contributed by atoms with Crippen molar-refractivity contribution in [2.24, 2.45) is 0 Å². The van der Waals surface area contributed by atoms with Crippen molar-refractivity contribution in [2.45, 2.75) is 24.2 Å². The first-order valence-corrected chi connectivity index (χ1v) is 7.23. The normalized spacial score (nSPS) is 13.6. The van der Waals surface area contributed by atoms with E-state index in [1.54, 1.807) is 18.0 Å². The Hall–Kier alpha value is -1.48. The Morgan fingerprint density at radius 1 is 1.22 bits per heavy atom. The van der Waals surface area contributed by atoms with Crippen molar-refractivity contribution in [3.8, 4) is 0 Å². The van der Waals surface area contributed by atoms with Crippen molar-refractivity contribution in [3.63, 3.8) is 0 Å². The van der Waals surface area contributed by atoms with Gasteiger partial charge in [0.15, 0.2) is 5.78 Å². The third-order valence-corrected chi connectivity index (χ3v) is 4.33. The van der Waals surface area contributed by atoms with Gasteiger partial charge < -0.3 is 4.98 Å².